The van der Waals surface area contributed by atoms with Gasteiger partial charge in [0, 0.05) is 18.7 Å². The average Bonchev–Trinajstić information content (AvgIpc) is 3.40. The summed E-state index contributed by atoms with van der Waals surface area (Å²) in [6.45, 7) is 1.01. The Kier molecular flexibility index (Phi) is 6.43. The van der Waals surface area contributed by atoms with E-state index in [2.05, 4.69) is 10.3 Å². The fraction of sp³-hybridized carbons (Fsp3) is 0.318. The van der Waals surface area contributed by atoms with Crippen LogP contribution in [-0.2, 0) is 22.3 Å². The van der Waals surface area contributed by atoms with E-state index in [0.29, 0.717) is 18.7 Å². The molecule has 0 unspecified atom stereocenters. The molecule has 1 atom stereocenters. The summed E-state index contributed by atoms with van der Waals surface area (Å²) in [5.74, 6) is -1.08. The fourth-order valence-corrected chi connectivity index (χ4v) is 4.50. The Morgan fingerprint density at radius 1 is 1.19 bits per heavy atom. The number of nitrogens with zero attached hydrogens (tertiary/aromatic N) is 2. The monoisotopic (exact) mass is 463 g/mol. The maximum atomic E-state index is 13.0. The Labute approximate surface area is 185 Å². The summed E-state index contributed by atoms with van der Waals surface area (Å²) in [7, 11) is 0. The Balaban J connectivity index is 1.62. The lowest BCUT2D eigenvalue weighted by atomic mass is 10.1. The number of alkyl halides is 3. The van der Waals surface area contributed by atoms with Crippen LogP contribution in [-0.4, -0.2) is 35.6 Å². The van der Waals surface area contributed by atoms with E-state index in [4.69, 9.17) is 4.74 Å². The van der Waals surface area contributed by atoms with Crippen molar-refractivity contribution in [3.8, 4) is 0 Å². The van der Waals surface area contributed by atoms with E-state index >= 15 is 0 Å². The van der Waals surface area contributed by atoms with Gasteiger partial charge in [-0.15, -0.1) is 0 Å². The maximum absolute atomic E-state index is 13.0. The van der Waals surface area contributed by atoms with E-state index in [-0.39, 0.29) is 28.9 Å². The van der Waals surface area contributed by atoms with Gasteiger partial charge in [0.15, 0.2) is 4.80 Å². The predicted octanol–water partition coefficient (Wildman–Crippen LogP) is 3.76. The molecule has 1 saturated heterocycles. The summed E-state index contributed by atoms with van der Waals surface area (Å²) in [6.07, 6.45) is -2.71. The standard InChI is InChI=1S/C22H20F3N3O3S/c23-22(24,25)15-6-3-5-14(11-15)20(30)27-21-28(17-8-1-2-9-18(17)32-21)13-19(29)26-12-16-7-4-10-31-16/h1-3,5-6,8-9,11,16H,4,7,10,12-13H2,(H,26,29)/t16-/m1/s1. The molecule has 4 rings (SSSR count). The van der Waals surface area contributed by atoms with E-state index in [1.165, 1.54) is 23.5 Å². The normalized spacial score (nSPS) is 17.1. The highest BCUT2D eigenvalue weighted by molar-refractivity contribution is 7.16. The number of para-hydroxylation sites is 1. The summed E-state index contributed by atoms with van der Waals surface area (Å²) in [5.41, 5.74) is -0.386. The zero-order valence-corrected chi connectivity index (χ0v) is 17.7. The number of ether oxygens (including phenoxy) is 1. The minimum Gasteiger partial charge on any atom is -0.376 e. The summed E-state index contributed by atoms with van der Waals surface area (Å²) in [6, 6.07) is 11.4. The van der Waals surface area contributed by atoms with Crippen LogP contribution in [0, 0.1) is 0 Å². The van der Waals surface area contributed by atoms with E-state index in [0.717, 1.165) is 29.7 Å². The number of carbonyl (C=O) groups is 2. The Bertz CT molecular complexity index is 1210. The van der Waals surface area contributed by atoms with Crippen LogP contribution in [0.2, 0.25) is 0 Å². The van der Waals surface area contributed by atoms with Crippen LogP contribution in [0.15, 0.2) is 53.5 Å². The molecule has 2 aromatic carbocycles. The summed E-state index contributed by atoms with van der Waals surface area (Å²) >= 11 is 1.19. The minimum atomic E-state index is -4.56. The van der Waals surface area contributed by atoms with Crippen LogP contribution in [0.5, 0.6) is 0 Å². The number of rotatable bonds is 5. The topological polar surface area (TPSA) is 72.7 Å². The molecular formula is C22H20F3N3O3S. The van der Waals surface area contributed by atoms with Crippen molar-refractivity contribution in [1.29, 1.82) is 0 Å². The molecule has 6 nitrogen and oxygen atoms in total. The van der Waals surface area contributed by atoms with Crippen molar-refractivity contribution < 1.29 is 27.5 Å². The number of fused-ring (bicyclic) bond motifs is 1. The number of benzene rings is 2. The highest BCUT2D eigenvalue weighted by Gasteiger charge is 2.31. The minimum absolute atomic E-state index is 0.00480. The highest BCUT2D eigenvalue weighted by Crippen LogP contribution is 2.29. The summed E-state index contributed by atoms with van der Waals surface area (Å²) in [4.78, 5) is 29.5. The smallest absolute Gasteiger partial charge is 0.376 e. The number of carbonyl (C=O) groups excluding carboxylic acids is 2. The van der Waals surface area contributed by atoms with Gasteiger partial charge in [0.25, 0.3) is 5.91 Å². The van der Waals surface area contributed by atoms with Gasteiger partial charge in [-0.25, -0.2) is 0 Å². The van der Waals surface area contributed by atoms with Crippen molar-refractivity contribution in [2.24, 2.45) is 4.99 Å². The zero-order chi connectivity index (χ0) is 22.7. The number of thiazole rings is 1. The van der Waals surface area contributed by atoms with Crippen LogP contribution in [0.4, 0.5) is 13.2 Å². The molecule has 0 aliphatic carbocycles. The Morgan fingerprint density at radius 3 is 2.75 bits per heavy atom. The highest BCUT2D eigenvalue weighted by atomic mass is 32.1. The van der Waals surface area contributed by atoms with Gasteiger partial charge in [0.1, 0.15) is 6.54 Å². The molecule has 32 heavy (non-hydrogen) atoms. The summed E-state index contributed by atoms with van der Waals surface area (Å²) in [5, 5.41) is 2.83. The van der Waals surface area contributed by atoms with Gasteiger partial charge >= 0.3 is 6.18 Å². The van der Waals surface area contributed by atoms with Gasteiger partial charge in [-0.3, -0.25) is 9.59 Å². The number of amides is 2. The van der Waals surface area contributed by atoms with Crippen molar-refractivity contribution in [3.63, 3.8) is 0 Å². The van der Waals surface area contributed by atoms with Crippen molar-refractivity contribution in [1.82, 2.24) is 9.88 Å². The second kappa shape index (κ2) is 9.25. The second-order valence-electron chi connectivity index (χ2n) is 7.37. The first-order valence-corrected chi connectivity index (χ1v) is 10.9. The van der Waals surface area contributed by atoms with E-state index < -0.39 is 17.6 Å². The van der Waals surface area contributed by atoms with Gasteiger partial charge < -0.3 is 14.6 Å². The largest absolute Gasteiger partial charge is 0.416 e. The quantitative estimate of drug-likeness (QED) is 0.626. The van der Waals surface area contributed by atoms with Crippen molar-refractivity contribution >= 4 is 33.4 Å². The predicted molar refractivity (Wildman–Crippen MR) is 113 cm³/mol. The first kappa shape index (κ1) is 22.2. The molecular weight excluding hydrogens is 443 g/mol. The molecule has 168 valence electrons. The van der Waals surface area contributed by atoms with Crippen LogP contribution in [0.1, 0.15) is 28.8 Å². The number of hydrogen-bond donors (Lipinski definition) is 1. The zero-order valence-electron chi connectivity index (χ0n) is 16.9. The van der Waals surface area contributed by atoms with Gasteiger partial charge in [-0.05, 0) is 43.2 Å². The number of halogens is 3. The van der Waals surface area contributed by atoms with Crippen LogP contribution in [0.3, 0.4) is 0 Å². The maximum Gasteiger partial charge on any atom is 0.416 e. The van der Waals surface area contributed by atoms with Crippen LogP contribution < -0.4 is 10.1 Å². The lowest BCUT2D eigenvalue weighted by molar-refractivity contribution is -0.137. The number of hydrogen-bond acceptors (Lipinski definition) is 4. The van der Waals surface area contributed by atoms with Gasteiger partial charge in [-0.1, -0.05) is 29.5 Å². The molecule has 0 spiro atoms. The van der Waals surface area contributed by atoms with E-state index in [1.807, 2.05) is 12.1 Å². The lowest BCUT2D eigenvalue weighted by Gasteiger charge is -2.11. The van der Waals surface area contributed by atoms with Crippen molar-refractivity contribution in [2.45, 2.75) is 31.7 Å². The Hall–Kier alpha value is -2.98. The van der Waals surface area contributed by atoms with Crippen molar-refractivity contribution in [2.75, 3.05) is 13.2 Å². The van der Waals surface area contributed by atoms with Gasteiger partial charge in [-0.2, -0.15) is 18.2 Å². The lowest BCUT2D eigenvalue weighted by Crippen LogP contribution is -2.35. The molecule has 1 fully saturated rings. The molecule has 1 aromatic heterocycles. The molecule has 1 aliphatic rings. The molecule has 0 bridgehead atoms. The number of aromatic nitrogens is 1. The van der Waals surface area contributed by atoms with E-state index in [1.54, 1.807) is 16.7 Å². The number of nitrogens with one attached hydrogen (secondary N) is 1. The molecule has 10 heteroatoms. The third-order valence-electron chi connectivity index (χ3n) is 5.07. The fourth-order valence-electron chi connectivity index (χ4n) is 3.47. The SMILES string of the molecule is O=C(Cn1c(=NC(=O)c2cccc(C(F)(F)F)c2)sc2ccccc21)NC[C@H]1CCCO1. The van der Waals surface area contributed by atoms with Crippen LogP contribution in [0.25, 0.3) is 10.2 Å². The van der Waals surface area contributed by atoms with Gasteiger partial charge in [0.2, 0.25) is 5.91 Å². The molecule has 1 N–H and O–H groups in total. The van der Waals surface area contributed by atoms with Crippen LogP contribution >= 0.6 is 11.3 Å². The molecule has 2 heterocycles. The summed E-state index contributed by atoms with van der Waals surface area (Å²) < 4.78 is 46.9. The van der Waals surface area contributed by atoms with Gasteiger partial charge in [0.05, 0.1) is 21.9 Å². The molecule has 0 radical (unpaired) electrons. The molecule has 3 aromatic rings. The molecule has 1 aliphatic heterocycles. The molecule has 0 saturated carbocycles. The average molecular weight is 463 g/mol. The third-order valence-corrected chi connectivity index (χ3v) is 6.13. The first-order valence-electron chi connectivity index (χ1n) is 10.0. The first-order chi connectivity index (χ1) is 15.3. The second-order valence-corrected chi connectivity index (χ2v) is 8.38. The van der Waals surface area contributed by atoms with Crippen molar-refractivity contribution in [3.05, 3.63) is 64.5 Å². The third kappa shape index (κ3) is 5.08. The molecule has 2 amide bonds. The van der Waals surface area contributed by atoms with E-state index in [9.17, 15) is 22.8 Å². The Morgan fingerprint density at radius 2 is 2.00 bits per heavy atom.